The number of likely N-dealkylation sites (tertiary alicyclic amines) is 1. The van der Waals surface area contributed by atoms with Gasteiger partial charge >= 0.3 is 0 Å². The van der Waals surface area contributed by atoms with Crippen molar-refractivity contribution in [2.24, 2.45) is 17.6 Å². The Hall–Kier alpha value is -0.860. The Labute approximate surface area is 130 Å². The van der Waals surface area contributed by atoms with Crippen molar-refractivity contribution in [3.63, 3.8) is 0 Å². The Morgan fingerprint density at radius 2 is 1.81 bits per heavy atom. The van der Waals surface area contributed by atoms with E-state index in [0.717, 1.165) is 18.4 Å². The van der Waals surface area contributed by atoms with Crippen molar-refractivity contribution in [2.75, 3.05) is 19.6 Å². The van der Waals surface area contributed by atoms with Crippen LogP contribution in [0.5, 0.6) is 0 Å². The zero-order chi connectivity index (χ0) is 15.2. The quantitative estimate of drug-likeness (QED) is 0.891. The van der Waals surface area contributed by atoms with Crippen LogP contribution in [0.2, 0.25) is 0 Å². The van der Waals surface area contributed by atoms with E-state index in [2.05, 4.69) is 56.0 Å². The van der Waals surface area contributed by atoms with Gasteiger partial charge in [0, 0.05) is 12.6 Å². The molecule has 0 saturated carbocycles. The highest BCUT2D eigenvalue weighted by Gasteiger charge is 2.27. The Kier molecular flexibility index (Phi) is 6.25. The van der Waals surface area contributed by atoms with Gasteiger partial charge in [-0.1, -0.05) is 51.1 Å². The minimum absolute atomic E-state index is 0.471. The van der Waals surface area contributed by atoms with E-state index < -0.39 is 0 Å². The number of rotatable bonds is 5. The van der Waals surface area contributed by atoms with E-state index in [1.165, 1.54) is 37.9 Å². The normalized spacial score (nSPS) is 23.8. The molecule has 21 heavy (non-hydrogen) atoms. The van der Waals surface area contributed by atoms with E-state index in [1.54, 1.807) is 0 Å². The summed E-state index contributed by atoms with van der Waals surface area (Å²) in [5, 5.41) is 0. The Morgan fingerprint density at radius 3 is 2.43 bits per heavy atom. The predicted octanol–water partition coefficient (Wildman–Crippen LogP) is 3.88. The second-order valence-electron chi connectivity index (χ2n) is 6.97. The molecule has 0 amide bonds. The van der Waals surface area contributed by atoms with E-state index in [9.17, 15) is 0 Å². The third-order valence-electron chi connectivity index (χ3n) is 5.36. The van der Waals surface area contributed by atoms with Gasteiger partial charge in [-0.3, -0.25) is 4.90 Å². The second kappa shape index (κ2) is 7.95. The summed E-state index contributed by atoms with van der Waals surface area (Å²) in [6.07, 6.45) is 4.03. The van der Waals surface area contributed by atoms with Gasteiger partial charge in [0.1, 0.15) is 0 Å². The highest BCUT2D eigenvalue weighted by Crippen LogP contribution is 2.29. The van der Waals surface area contributed by atoms with Crippen molar-refractivity contribution in [1.82, 2.24) is 4.90 Å². The molecule has 1 aromatic carbocycles. The topological polar surface area (TPSA) is 29.3 Å². The molecule has 2 rings (SSSR count). The molecule has 118 valence electrons. The Balaban J connectivity index is 2.03. The molecule has 1 aliphatic heterocycles. The van der Waals surface area contributed by atoms with Crippen LogP contribution in [-0.4, -0.2) is 30.6 Å². The third kappa shape index (κ3) is 4.31. The van der Waals surface area contributed by atoms with Gasteiger partial charge in [0.2, 0.25) is 0 Å². The summed E-state index contributed by atoms with van der Waals surface area (Å²) in [5.74, 6) is 2.21. The van der Waals surface area contributed by atoms with E-state index in [-0.39, 0.29) is 0 Å². The fourth-order valence-corrected chi connectivity index (χ4v) is 3.79. The first-order valence-electron chi connectivity index (χ1n) is 8.62. The van der Waals surface area contributed by atoms with E-state index in [1.807, 2.05) is 0 Å². The molecule has 2 nitrogen and oxygen atoms in total. The van der Waals surface area contributed by atoms with Crippen molar-refractivity contribution in [3.05, 3.63) is 35.9 Å². The lowest BCUT2D eigenvalue weighted by molar-refractivity contribution is 0.181. The average molecular weight is 288 g/mol. The standard InChI is InChI=1S/C19H32N2/c1-15(2)17-10-7-12-21(13-11-17)19(14-20)16(3)18-8-5-4-6-9-18/h4-6,8-9,15-17,19H,7,10-14,20H2,1-3H3. The summed E-state index contributed by atoms with van der Waals surface area (Å²) in [4.78, 5) is 2.65. The van der Waals surface area contributed by atoms with Gasteiger partial charge in [-0.05, 0) is 55.7 Å². The number of hydrogen-bond acceptors (Lipinski definition) is 2. The SMILES string of the molecule is CC(C)C1CCCN(C(CN)C(C)c2ccccc2)CC1. The molecule has 0 bridgehead atoms. The van der Waals surface area contributed by atoms with Crippen LogP contribution in [0.15, 0.2) is 30.3 Å². The van der Waals surface area contributed by atoms with Crippen LogP contribution < -0.4 is 5.73 Å². The maximum Gasteiger partial charge on any atom is 0.0284 e. The summed E-state index contributed by atoms with van der Waals surface area (Å²) in [6.45, 7) is 10.2. The maximum atomic E-state index is 6.15. The molecule has 0 spiro atoms. The third-order valence-corrected chi connectivity index (χ3v) is 5.36. The monoisotopic (exact) mass is 288 g/mol. The average Bonchev–Trinajstić information content (AvgIpc) is 2.75. The first-order chi connectivity index (χ1) is 10.1. The molecule has 3 atom stereocenters. The molecule has 1 fully saturated rings. The Bertz CT molecular complexity index is 401. The molecule has 0 aromatic heterocycles. The zero-order valence-electron chi connectivity index (χ0n) is 14.0. The van der Waals surface area contributed by atoms with Crippen LogP contribution in [-0.2, 0) is 0 Å². The van der Waals surface area contributed by atoms with Crippen molar-refractivity contribution in [3.8, 4) is 0 Å². The van der Waals surface area contributed by atoms with Crippen LogP contribution in [0.1, 0.15) is 51.5 Å². The van der Waals surface area contributed by atoms with Gasteiger partial charge in [0.15, 0.2) is 0 Å². The molecule has 1 aliphatic rings. The summed E-state index contributed by atoms with van der Waals surface area (Å²) in [6, 6.07) is 11.3. The molecule has 2 heteroatoms. The summed E-state index contributed by atoms with van der Waals surface area (Å²) >= 11 is 0. The van der Waals surface area contributed by atoms with Crippen molar-refractivity contribution >= 4 is 0 Å². The van der Waals surface area contributed by atoms with Gasteiger partial charge in [-0.15, -0.1) is 0 Å². The van der Waals surface area contributed by atoms with Gasteiger partial charge < -0.3 is 5.73 Å². The molecule has 2 N–H and O–H groups in total. The van der Waals surface area contributed by atoms with E-state index in [4.69, 9.17) is 5.73 Å². The first kappa shape index (κ1) is 16.5. The van der Waals surface area contributed by atoms with Gasteiger partial charge in [-0.2, -0.15) is 0 Å². The van der Waals surface area contributed by atoms with Crippen LogP contribution >= 0.6 is 0 Å². The van der Waals surface area contributed by atoms with Crippen molar-refractivity contribution in [2.45, 2.75) is 52.0 Å². The first-order valence-corrected chi connectivity index (χ1v) is 8.62. The summed E-state index contributed by atoms with van der Waals surface area (Å²) < 4.78 is 0. The highest BCUT2D eigenvalue weighted by atomic mass is 15.2. The minimum atomic E-state index is 0.471. The molecule has 1 saturated heterocycles. The molecular formula is C19H32N2. The molecule has 0 aliphatic carbocycles. The van der Waals surface area contributed by atoms with Gasteiger partial charge in [0.25, 0.3) is 0 Å². The van der Waals surface area contributed by atoms with Crippen molar-refractivity contribution < 1.29 is 0 Å². The molecule has 1 heterocycles. The second-order valence-corrected chi connectivity index (χ2v) is 6.97. The summed E-state index contributed by atoms with van der Waals surface area (Å²) in [7, 11) is 0. The minimum Gasteiger partial charge on any atom is -0.329 e. The fraction of sp³-hybridized carbons (Fsp3) is 0.684. The highest BCUT2D eigenvalue weighted by molar-refractivity contribution is 5.20. The van der Waals surface area contributed by atoms with Crippen LogP contribution in [0.3, 0.4) is 0 Å². The number of nitrogens with two attached hydrogens (primary N) is 1. The lowest BCUT2D eigenvalue weighted by atomic mass is 9.89. The number of hydrogen-bond donors (Lipinski definition) is 1. The zero-order valence-corrected chi connectivity index (χ0v) is 14.0. The van der Waals surface area contributed by atoms with E-state index >= 15 is 0 Å². The fourth-order valence-electron chi connectivity index (χ4n) is 3.79. The smallest absolute Gasteiger partial charge is 0.0284 e. The lowest BCUT2D eigenvalue weighted by Gasteiger charge is -2.34. The molecule has 3 unspecified atom stereocenters. The summed E-state index contributed by atoms with van der Waals surface area (Å²) in [5.41, 5.74) is 7.56. The molecular weight excluding hydrogens is 256 g/mol. The molecule has 0 radical (unpaired) electrons. The van der Waals surface area contributed by atoms with E-state index in [0.29, 0.717) is 12.0 Å². The van der Waals surface area contributed by atoms with Crippen LogP contribution in [0.4, 0.5) is 0 Å². The maximum absolute atomic E-state index is 6.15. The van der Waals surface area contributed by atoms with Gasteiger partial charge in [-0.25, -0.2) is 0 Å². The lowest BCUT2D eigenvalue weighted by Crippen LogP contribution is -2.44. The van der Waals surface area contributed by atoms with Crippen LogP contribution in [0.25, 0.3) is 0 Å². The predicted molar refractivity (Wildman–Crippen MR) is 91.5 cm³/mol. The number of benzene rings is 1. The van der Waals surface area contributed by atoms with Crippen LogP contribution in [0, 0.1) is 11.8 Å². The van der Waals surface area contributed by atoms with Gasteiger partial charge in [0.05, 0.1) is 0 Å². The molecule has 1 aromatic rings. The largest absolute Gasteiger partial charge is 0.329 e. The number of nitrogens with zero attached hydrogens (tertiary/aromatic N) is 1. The van der Waals surface area contributed by atoms with Crippen molar-refractivity contribution in [1.29, 1.82) is 0 Å². The Morgan fingerprint density at radius 1 is 1.10 bits per heavy atom.